The molecule has 238 valence electrons. The van der Waals surface area contributed by atoms with Crippen LogP contribution in [0.1, 0.15) is 0 Å². The quantitative estimate of drug-likeness (QED) is 0.180. The van der Waals surface area contributed by atoms with Gasteiger partial charge in [0.2, 0.25) is 0 Å². The highest BCUT2D eigenvalue weighted by atomic mass is 15.0. The SMILES string of the molecule is c1cc(-c2ccccc2-n2c3ccccc3c3ccccc32)cc(-n2c3ccccc3c3cc(-n4c5ccccc5c5ccccc54)ccc32)c1. The minimum Gasteiger partial charge on any atom is -0.309 e. The third-order valence-electron chi connectivity index (χ3n) is 10.6. The van der Waals surface area contributed by atoms with Gasteiger partial charge in [-0.1, -0.05) is 121 Å². The molecular weight excluding hydrogens is 619 g/mol. The summed E-state index contributed by atoms with van der Waals surface area (Å²) in [4.78, 5) is 0. The van der Waals surface area contributed by atoms with Gasteiger partial charge in [0.1, 0.15) is 0 Å². The first kappa shape index (κ1) is 28.0. The van der Waals surface area contributed by atoms with Crippen molar-refractivity contribution in [1.82, 2.24) is 13.7 Å². The van der Waals surface area contributed by atoms with E-state index in [-0.39, 0.29) is 0 Å². The Morgan fingerprint density at radius 1 is 0.255 bits per heavy atom. The van der Waals surface area contributed by atoms with Gasteiger partial charge >= 0.3 is 0 Å². The summed E-state index contributed by atoms with van der Waals surface area (Å²) < 4.78 is 7.25. The number of para-hydroxylation sites is 6. The molecular formula is C48H31N3. The average Bonchev–Trinajstić information content (AvgIpc) is 3.84. The minimum atomic E-state index is 1.14. The van der Waals surface area contributed by atoms with Gasteiger partial charge < -0.3 is 13.7 Å². The van der Waals surface area contributed by atoms with Crippen LogP contribution in [0.4, 0.5) is 0 Å². The normalized spacial score (nSPS) is 11.9. The van der Waals surface area contributed by atoms with E-state index in [0.29, 0.717) is 0 Å². The Labute approximate surface area is 294 Å². The van der Waals surface area contributed by atoms with Crippen LogP contribution in [0.25, 0.3) is 93.6 Å². The van der Waals surface area contributed by atoms with E-state index in [9.17, 15) is 0 Å². The first-order valence-electron chi connectivity index (χ1n) is 17.5. The van der Waals surface area contributed by atoms with Gasteiger partial charge in [-0.3, -0.25) is 0 Å². The van der Waals surface area contributed by atoms with E-state index in [1.807, 2.05) is 0 Å². The summed E-state index contributed by atoms with van der Waals surface area (Å²) in [6, 6.07) is 68.4. The lowest BCUT2D eigenvalue weighted by molar-refractivity contribution is 1.16. The van der Waals surface area contributed by atoms with Gasteiger partial charge in [-0.15, -0.1) is 0 Å². The van der Waals surface area contributed by atoms with Gasteiger partial charge in [0.15, 0.2) is 0 Å². The van der Waals surface area contributed by atoms with Crippen molar-refractivity contribution in [2.45, 2.75) is 0 Å². The van der Waals surface area contributed by atoms with E-state index < -0.39 is 0 Å². The van der Waals surface area contributed by atoms with Crippen molar-refractivity contribution >= 4 is 65.4 Å². The van der Waals surface area contributed by atoms with Gasteiger partial charge in [0.25, 0.3) is 0 Å². The molecule has 11 rings (SSSR count). The smallest absolute Gasteiger partial charge is 0.0542 e. The van der Waals surface area contributed by atoms with Crippen molar-refractivity contribution < 1.29 is 0 Å². The molecule has 3 nitrogen and oxygen atoms in total. The molecule has 0 N–H and O–H groups in total. The maximum atomic E-state index is 2.42. The van der Waals surface area contributed by atoms with E-state index in [4.69, 9.17) is 0 Å². The second kappa shape index (κ2) is 10.8. The van der Waals surface area contributed by atoms with Crippen LogP contribution in [-0.2, 0) is 0 Å². The van der Waals surface area contributed by atoms with E-state index in [1.54, 1.807) is 0 Å². The van der Waals surface area contributed by atoms with E-state index in [1.165, 1.54) is 82.2 Å². The summed E-state index contributed by atoms with van der Waals surface area (Å²) in [6.45, 7) is 0. The Kier molecular flexibility index (Phi) is 5.96. The Bertz CT molecular complexity index is 3040. The lowest BCUT2D eigenvalue weighted by Gasteiger charge is -2.15. The van der Waals surface area contributed by atoms with Crippen LogP contribution in [0.3, 0.4) is 0 Å². The Morgan fingerprint density at radius 3 is 1.22 bits per heavy atom. The number of nitrogens with zero attached hydrogens (tertiary/aromatic N) is 3. The summed E-state index contributed by atoms with van der Waals surface area (Å²) in [6.07, 6.45) is 0. The highest BCUT2D eigenvalue weighted by Crippen LogP contribution is 2.39. The van der Waals surface area contributed by atoms with Crippen molar-refractivity contribution in [2.75, 3.05) is 0 Å². The third kappa shape index (κ3) is 4.06. The molecule has 0 atom stereocenters. The van der Waals surface area contributed by atoms with Crippen LogP contribution in [0, 0.1) is 0 Å². The van der Waals surface area contributed by atoms with Gasteiger partial charge in [-0.05, 0) is 72.3 Å². The fraction of sp³-hybridized carbons (Fsp3) is 0. The van der Waals surface area contributed by atoms with Gasteiger partial charge in [-0.25, -0.2) is 0 Å². The first-order chi connectivity index (χ1) is 25.3. The molecule has 0 aliphatic carbocycles. The van der Waals surface area contributed by atoms with Gasteiger partial charge in [0.05, 0.1) is 38.8 Å². The highest BCUT2D eigenvalue weighted by Gasteiger charge is 2.18. The van der Waals surface area contributed by atoms with Crippen molar-refractivity contribution in [3.05, 3.63) is 188 Å². The number of hydrogen-bond donors (Lipinski definition) is 0. The number of benzene rings is 8. The molecule has 3 aromatic heterocycles. The zero-order valence-electron chi connectivity index (χ0n) is 27.7. The van der Waals surface area contributed by atoms with Crippen LogP contribution in [0.5, 0.6) is 0 Å². The van der Waals surface area contributed by atoms with Crippen molar-refractivity contribution in [1.29, 1.82) is 0 Å². The first-order valence-corrected chi connectivity index (χ1v) is 17.5. The molecule has 0 aliphatic rings. The van der Waals surface area contributed by atoms with Crippen LogP contribution >= 0.6 is 0 Å². The number of aromatic nitrogens is 3. The third-order valence-corrected chi connectivity index (χ3v) is 10.6. The van der Waals surface area contributed by atoms with E-state index in [0.717, 1.165) is 11.4 Å². The molecule has 51 heavy (non-hydrogen) atoms. The Hall–Kier alpha value is -6.84. The molecule has 0 fully saturated rings. The molecule has 0 bridgehead atoms. The summed E-state index contributed by atoms with van der Waals surface area (Å²) in [5.74, 6) is 0. The summed E-state index contributed by atoms with van der Waals surface area (Å²) in [7, 11) is 0. The molecule has 3 heterocycles. The summed E-state index contributed by atoms with van der Waals surface area (Å²) in [5, 5.41) is 7.55. The molecule has 0 saturated heterocycles. The molecule has 0 radical (unpaired) electrons. The summed E-state index contributed by atoms with van der Waals surface area (Å²) >= 11 is 0. The molecule has 11 aromatic rings. The Balaban J connectivity index is 1.12. The van der Waals surface area contributed by atoms with Crippen molar-refractivity contribution in [2.24, 2.45) is 0 Å². The van der Waals surface area contributed by atoms with Crippen LogP contribution in [-0.4, -0.2) is 13.7 Å². The van der Waals surface area contributed by atoms with E-state index >= 15 is 0 Å². The zero-order chi connectivity index (χ0) is 33.5. The molecule has 0 spiro atoms. The predicted molar refractivity (Wildman–Crippen MR) is 215 cm³/mol. The highest BCUT2D eigenvalue weighted by molar-refractivity contribution is 6.13. The van der Waals surface area contributed by atoms with Crippen molar-refractivity contribution in [3.8, 4) is 28.2 Å². The largest absolute Gasteiger partial charge is 0.309 e. The maximum Gasteiger partial charge on any atom is 0.0542 e. The van der Waals surface area contributed by atoms with Crippen LogP contribution in [0.15, 0.2) is 188 Å². The number of hydrogen-bond acceptors (Lipinski definition) is 0. The topological polar surface area (TPSA) is 14.8 Å². The average molecular weight is 650 g/mol. The molecule has 3 heteroatoms. The van der Waals surface area contributed by atoms with E-state index in [2.05, 4.69) is 202 Å². The molecule has 0 unspecified atom stereocenters. The molecule has 0 saturated carbocycles. The molecule has 0 aliphatic heterocycles. The standard InChI is InChI=1S/C48H31N3/c1-7-22-42(51-46-26-11-4-19-38(46)39-20-5-12-27-47(39)51)35(16-1)32-14-13-15-33(30-32)49-45-25-10-6-21-40(45)41-31-34(28-29-48(41)49)50-43-23-8-2-17-36(43)37-18-3-9-24-44(37)50/h1-31H. The second-order valence-electron chi connectivity index (χ2n) is 13.4. The predicted octanol–water partition coefficient (Wildman–Crippen LogP) is 12.6. The van der Waals surface area contributed by atoms with Gasteiger partial charge in [-0.2, -0.15) is 0 Å². The Morgan fingerprint density at radius 2 is 0.667 bits per heavy atom. The second-order valence-corrected chi connectivity index (χ2v) is 13.4. The van der Waals surface area contributed by atoms with Crippen LogP contribution in [0.2, 0.25) is 0 Å². The lowest BCUT2D eigenvalue weighted by atomic mass is 10.0. The van der Waals surface area contributed by atoms with Gasteiger partial charge in [0, 0.05) is 49.3 Å². The number of rotatable bonds is 4. The number of fused-ring (bicyclic) bond motifs is 9. The molecule has 0 amide bonds. The van der Waals surface area contributed by atoms with Crippen LogP contribution < -0.4 is 0 Å². The molecule has 8 aromatic carbocycles. The van der Waals surface area contributed by atoms with Crippen molar-refractivity contribution in [3.63, 3.8) is 0 Å². The fourth-order valence-electron chi connectivity index (χ4n) is 8.49. The summed E-state index contributed by atoms with van der Waals surface area (Å²) in [5.41, 5.74) is 13.1. The minimum absolute atomic E-state index is 1.14. The zero-order valence-corrected chi connectivity index (χ0v) is 27.7. The fourth-order valence-corrected chi connectivity index (χ4v) is 8.49. The maximum absolute atomic E-state index is 2.42. The lowest BCUT2D eigenvalue weighted by Crippen LogP contribution is -1.98. The monoisotopic (exact) mass is 649 g/mol.